The van der Waals surface area contributed by atoms with E-state index >= 15 is 0 Å². The van der Waals surface area contributed by atoms with E-state index in [4.69, 9.17) is 0 Å². The molecule has 0 aliphatic heterocycles. The second-order valence-electron chi connectivity index (χ2n) is 5.63. The summed E-state index contributed by atoms with van der Waals surface area (Å²) < 4.78 is 40.8. The molecule has 0 amide bonds. The molecule has 0 aromatic heterocycles. The third-order valence-corrected chi connectivity index (χ3v) is 4.07. The van der Waals surface area contributed by atoms with Crippen molar-refractivity contribution in [2.24, 2.45) is 0 Å². The minimum atomic E-state index is -4.65. The van der Waals surface area contributed by atoms with Gasteiger partial charge in [-0.25, -0.2) is 0 Å². The molecular formula is C19H17F3O. The van der Waals surface area contributed by atoms with Gasteiger partial charge in [0.25, 0.3) is 0 Å². The zero-order valence-electron chi connectivity index (χ0n) is 12.8. The number of rotatable bonds is 3. The Morgan fingerprint density at radius 1 is 1.00 bits per heavy atom. The number of aryl methyl sites for hydroxylation is 2. The molecule has 1 aliphatic carbocycles. The summed E-state index contributed by atoms with van der Waals surface area (Å²) in [5.74, 6) is -0.152. The normalized spacial score (nSPS) is 14.2. The van der Waals surface area contributed by atoms with Crippen molar-refractivity contribution in [1.82, 2.24) is 0 Å². The van der Waals surface area contributed by atoms with Crippen LogP contribution in [-0.4, -0.2) is 6.36 Å². The number of hydrogen-bond donors (Lipinski definition) is 0. The fourth-order valence-corrected chi connectivity index (χ4v) is 2.85. The number of hydrogen-bond acceptors (Lipinski definition) is 1. The predicted octanol–water partition coefficient (Wildman–Crippen LogP) is 5.63. The number of benzene rings is 2. The molecule has 4 heteroatoms. The fraction of sp³-hybridized carbons (Fsp3) is 0.263. The van der Waals surface area contributed by atoms with Gasteiger partial charge < -0.3 is 4.74 Å². The van der Waals surface area contributed by atoms with Crippen molar-refractivity contribution in [2.45, 2.75) is 32.5 Å². The lowest BCUT2D eigenvalue weighted by molar-refractivity contribution is -0.274. The molecule has 0 fully saturated rings. The van der Waals surface area contributed by atoms with Crippen molar-refractivity contribution in [3.63, 3.8) is 0 Å². The highest BCUT2D eigenvalue weighted by molar-refractivity contribution is 5.84. The van der Waals surface area contributed by atoms with Crippen molar-refractivity contribution < 1.29 is 17.9 Å². The van der Waals surface area contributed by atoms with Crippen molar-refractivity contribution in [3.05, 3.63) is 64.7 Å². The first-order chi connectivity index (χ1) is 10.9. The Labute approximate surface area is 133 Å². The smallest absolute Gasteiger partial charge is 0.406 e. The maximum Gasteiger partial charge on any atom is 0.573 e. The van der Waals surface area contributed by atoms with Gasteiger partial charge in [0.15, 0.2) is 0 Å². The molecule has 0 N–H and O–H groups in total. The molecule has 1 aliphatic rings. The van der Waals surface area contributed by atoms with E-state index in [1.807, 2.05) is 0 Å². The summed E-state index contributed by atoms with van der Waals surface area (Å²) in [5.41, 5.74) is 5.52. The Balaban J connectivity index is 1.85. The van der Waals surface area contributed by atoms with E-state index in [1.165, 1.54) is 28.8 Å². The first-order valence-electron chi connectivity index (χ1n) is 7.63. The maximum atomic E-state index is 12.3. The van der Waals surface area contributed by atoms with Gasteiger partial charge in [-0.05, 0) is 59.2 Å². The molecule has 1 nitrogen and oxygen atoms in total. The number of allylic oxidation sites excluding steroid dienone is 1. The third kappa shape index (κ3) is 3.76. The van der Waals surface area contributed by atoms with Crippen LogP contribution in [0.1, 0.15) is 35.6 Å². The highest BCUT2D eigenvalue weighted by Crippen LogP contribution is 2.33. The molecule has 2 aromatic carbocycles. The minimum absolute atomic E-state index is 0.152. The lowest BCUT2D eigenvalue weighted by atomic mass is 9.88. The summed E-state index contributed by atoms with van der Waals surface area (Å²) >= 11 is 0. The molecule has 0 spiro atoms. The summed E-state index contributed by atoms with van der Waals surface area (Å²) in [6.07, 6.45) is -0.0636. The second-order valence-corrected chi connectivity index (χ2v) is 5.63. The SMILES string of the molecule is CCc1ccc(C2=Cc3ccc(OC(F)(F)F)cc3CC2)cc1. The largest absolute Gasteiger partial charge is 0.573 e. The number of alkyl halides is 3. The van der Waals surface area contributed by atoms with Gasteiger partial charge in [0, 0.05) is 0 Å². The van der Waals surface area contributed by atoms with Gasteiger partial charge in [-0.1, -0.05) is 43.3 Å². The van der Waals surface area contributed by atoms with Crippen molar-refractivity contribution >= 4 is 11.6 Å². The van der Waals surface area contributed by atoms with Gasteiger partial charge >= 0.3 is 6.36 Å². The van der Waals surface area contributed by atoms with Crippen molar-refractivity contribution in [2.75, 3.05) is 0 Å². The van der Waals surface area contributed by atoms with Gasteiger partial charge in [0.2, 0.25) is 0 Å². The second kappa shape index (κ2) is 6.11. The van der Waals surface area contributed by atoms with Crippen LogP contribution in [-0.2, 0) is 12.8 Å². The Hall–Kier alpha value is -2.23. The van der Waals surface area contributed by atoms with E-state index < -0.39 is 6.36 Å². The van der Waals surface area contributed by atoms with Crippen LogP contribution in [0.25, 0.3) is 11.6 Å². The average molecular weight is 318 g/mol. The lowest BCUT2D eigenvalue weighted by Gasteiger charge is -2.18. The average Bonchev–Trinajstić information content (AvgIpc) is 2.53. The van der Waals surface area contributed by atoms with Crippen LogP contribution in [0, 0.1) is 0 Å². The molecule has 23 heavy (non-hydrogen) atoms. The van der Waals surface area contributed by atoms with Crippen LogP contribution in [0.3, 0.4) is 0 Å². The third-order valence-electron chi connectivity index (χ3n) is 4.07. The van der Waals surface area contributed by atoms with E-state index in [0.717, 1.165) is 24.0 Å². The van der Waals surface area contributed by atoms with Gasteiger partial charge in [-0.3, -0.25) is 0 Å². The summed E-state index contributed by atoms with van der Waals surface area (Å²) in [6.45, 7) is 2.12. The highest BCUT2D eigenvalue weighted by Gasteiger charge is 2.31. The van der Waals surface area contributed by atoms with Crippen LogP contribution in [0.15, 0.2) is 42.5 Å². The Bertz CT molecular complexity index is 727. The van der Waals surface area contributed by atoms with Crippen LogP contribution in [0.2, 0.25) is 0 Å². The molecular weight excluding hydrogens is 301 g/mol. The minimum Gasteiger partial charge on any atom is -0.406 e. The topological polar surface area (TPSA) is 9.23 Å². The number of fused-ring (bicyclic) bond motifs is 1. The highest BCUT2D eigenvalue weighted by atomic mass is 19.4. The fourth-order valence-electron chi connectivity index (χ4n) is 2.85. The van der Waals surface area contributed by atoms with E-state index in [-0.39, 0.29) is 5.75 Å². The van der Waals surface area contributed by atoms with Crippen molar-refractivity contribution in [3.8, 4) is 5.75 Å². The van der Waals surface area contributed by atoms with Crippen LogP contribution < -0.4 is 4.74 Å². The van der Waals surface area contributed by atoms with Gasteiger partial charge in [0.05, 0.1) is 0 Å². The van der Waals surface area contributed by atoms with Gasteiger partial charge in [0.1, 0.15) is 5.75 Å². The number of ether oxygens (including phenoxy) is 1. The van der Waals surface area contributed by atoms with E-state index in [0.29, 0.717) is 6.42 Å². The Morgan fingerprint density at radius 2 is 1.74 bits per heavy atom. The van der Waals surface area contributed by atoms with E-state index in [9.17, 15) is 13.2 Å². The summed E-state index contributed by atoms with van der Waals surface area (Å²) in [7, 11) is 0. The van der Waals surface area contributed by atoms with Crippen molar-refractivity contribution in [1.29, 1.82) is 0 Å². The summed E-state index contributed by atoms with van der Waals surface area (Å²) in [5, 5.41) is 0. The molecule has 0 radical (unpaired) electrons. The van der Waals surface area contributed by atoms with Gasteiger partial charge in [-0.2, -0.15) is 0 Å². The molecule has 2 aromatic rings. The molecule has 0 unspecified atom stereocenters. The lowest BCUT2D eigenvalue weighted by Crippen LogP contribution is -2.17. The van der Waals surface area contributed by atoms with Crippen LogP contribution >= 0.6 is 0 Å². The summed E-state index contributed by atoms with van der Waals surface area (Å²) in [4.78, 5) is 0. The zero-order chi connectivity index (χ0) is 16.4. The Morgan fingerprint density at radius 3 is 2.39 bits per heavy atom. The molecule has 120 valence electrons. The van der Waals surface area contributed by atoms with Crippen LogP contribution in [0.5, 0.6) is 5.75 Å². The monoisotopic (exact) mass is 318 g/mol. The van der Waals surface area contributed by atoms with Gasteiger partial charge in [-0.15, -0.1) is 13.2 Å². The number of halogens is 3. The molecule has 0 saturated carbocycles. The first kappa shape index (κ1) is 15.7. The summed E-state index contributed by atoms with van der Waals surface area (Å²) in [6, 6.07) is 13.0. The Kier molecular flexibility index (Phi) is 4.16. The van der Waals surface area contributed by atoms with E-state index in [1.54, 1.807) is 6.07 Å². The quantitative estimate of drug-likeness (QED) is 0.712. The molecule has 0 saturated heterocycles. The van der Waals surface area contributed by atoms with E-state index in [2.05, 4.69) is 42.0 Å². The predicted molar refractivity (Wildman–Crippen MR) is 85.1 cm³/mol. The standard InChI is InChI=1S/C19H17F3O/c1-2-13-3-5-14(6-4-13)15-7-8-17-12-18(23-19(20,21)22)10-9-16(17)11-15/h3-6,9-12H,2,7-8H2,1H3. The molecule has 0 atom stereocenters. The maximum absolute atomic E-state index is 12.3. The zero-order valence-corrected chi connectivity index (χ0v) is 12.8. The molecule has 0 heterocycles. The van der Waals surface area contributed by atoms with Crippen LogP contribution in [0.4, 0.5) is 13.2 Å². The molecule has 0 bridgehead atoms. The first-order valence-corrected chi connectivity index (χ1v) is 7.63. The molecule has 3 rings (SSSR count).